The summed E-state index contributed by atoms with van der Waals surface area (Å²) in [5.74, 6) is 0.0289. The van der Waals surface area contributed by atoms with Crippen LogP contribution < -0.4 is 5.32 Å². The van der Waals surface area contributed by atoms with E-state index in [4.69, 9.17) is 4.74 Å². The van der Waals surface area contributed by atoms with Crippen LogP contribution in [-0.2, 0) is 4.74 Å². The normalized spacial score (nSPS) is 16.6. The molecule has 0 unspecified atom stereocenters. The molecular formula is C15H22N2O2. The first-order chi connectivity index (χ1) is 8.91. The molecule has 2 rings (SSSR count). The molecule has 1 aliphatic heterocycles. The molecule has 4 heteroatoms. The van der Waals surface area contributed by atoms with Crippen molar-refractivity contribution in [3.63, 3.8) is 0 Å². The molecule has 0 spiro atoms. The molecule has 104 valence electrons. The summed E-state index contributed by atoms with van der Waals surface area (Å²) in [6.07, 6.45) is 0. The Labute approximate surface area is 114 Å². The molecule has 1 aromatic carbocycles. The Kier molecular flexibility index (Phi) is 3.80. The fraction of sp³-hybridized carbons (Fsp3) is 0.533. The third-order valence-corrected chi connectivity index (χ3v) is 3.50. The number of aryl methyl sites for hydroxylation is 1. The molecule has 1 amide bonds. The third-order valence-electron chi connectivity index (χ3n) is 3.50. The third kappa shape index (κ3) is 3.07. The molecule has 0 aromatic heterocycles. The highest BCUT2D eigenvalue weighted by atomic mass is 16.5. The summed E-state index contributed by atoms with van der Waals surface area (Å²) >= 11 is 0. The lowest BCUT2D eigenvalue weighted by Gasteiger charge is -2.38. The average Bonchev–Trinajstić information content (AvgIpc) is 2.34. The molecular weight excluding hydrogens is 240 g/mol. The predicted molar refractivity (Wildman–Crippen MR) is 76.6 cm³/mol. The van der Waals surface area contributed by atoms with Crippen LogP contribution >= 0.6 is 0 Å². The maximum atomic E-state index is 12.0. The highest BCUT2D eigenvalue weighted by Gasteiger charge is 2.33. The molecule has 0 aliphatic carbocycles. The van der Waals surface area contributed by atoms with Crippen molar-refractivity contribution >= 4 is 11.6 Å². The second-order valence-electron chi connectivity index (χ2n) is 5.89. The second kappa shape index (κ2) is 5.21. The van der Waals surface area contributed by atoms with Crippen LogP contribution in [0.5, 0.6) is 0 Å². The smallest absolute Gasteiger partial charge is 0.253 e. The molecule has 1 fully saturated rings. The fourth-order valence-electron chi connectivity index (χ4n) is 2.06. The predicted octanol–water partition coefficient (Wildman–Crippen LogP) is 2.15. The highest BCUT2D eigenvalue weighted by molar-refractivity contribution is 5.95. The highest BCUT2D eigenvalue weighted by Crippen LogP contribution is 2.27. The van der Waals surface area contributed by atoms with E-state index in [-0.39, 0.29) is 11.3 Å². The lowest BCUT2D eigenvalue weighted by Crippen LogP contribution is -2.45. The van der Waals surface area contributed by atoms with E-state index in [2.05, 4.69) is 12.2 Å². The molecule has 4 nitrogen and oxygen atoms in total. The lowest BCUT2D eigenvalue weighted by molar-refractivity contribution is -0.0924. The lowest BCUT2D eigenvalue weighted by atomic mass is 9.88. The van der Waals surface area contributed by atoms with Gasteiger partial charge in [0.1, 0.15) is 0 Å². The zero-order valence-electron chi connectivity index (χ0n) is 12.1. The van der Waals surface area contributed by atoms with E-state index >= 15 is 0 Å². The standard InChI is InChI=1S/C15H22N2O2/c1-11-5-6-12(14(18)17(3)4)7-13(11)16-8-15(2)9-19-10-15/h5-7,16H,8-10H2,1-4H3. The van der Waals surface area contributed by atoms with E-state index in [1.807, 2.05) is 25.1 Å². The zero-order valence-corrected chi connectivity index (χ0v) is 12.1. The van der Waals surface area contributed by atoms with Gasteiger partial charge in [-0.15, -0.1) is 0 Å². The van der Waals surface area contributed by atoms with Gasteiger partial charge in [-0.25, -0.2) is 0 Å². The summed E-state index contributed by atoms with van der Waals surface area (Å²) < 4.78 is 5.25. The van der Waals surface area contributed by atoms with Gasteiger partial charge < -0.3 is 15.0 Å². The van der Waals surface area contributed by atoms with Crippen LogP contribution in [0.1, 0.15) is 22.8 Å². The number of benzene rings is 1. The van der Waals surface area contributed by atoms with Crippen LogP contribution in [0.15, 0.2) is 18.2 Å². The Morgan fingerprint density at radius 3 is 2.63 bits per heavy atom. The Morgan fingerprint density at radius 2 is 2.11 bits per heavy atom. The first kappa shape index (κ1) is 13.9. The first-order valence-corrected chi connectivity index (χ1v) is 6.55. The first-order valence-electron chi connectivity index (χ1n) is 6.55. The number of amides is 1. The van der Waals surface area contributed by atoms with Gasteiger partial charge in [0, 0.05) is 37.3 Å². The fourth-order valence-corrected chi connectivity index (χ4v) is 2.06. The van der Waals surface area contributed by atoms with Crippen molar-refractivity contribution in [3.05, 3.63) is 29.3 Å². The van der Waals surface area contributed by atoms with Gasteiger partial charge in [0.05, 0.1) is 13.2 Å². The van der Waals surface area contributed by atoms with E-state index in [9.17, 15) is 4.79 Å². The minimum atomic E-state index is 0.0289. The topological polar surface area (TPSA) is 41.6 Å². The maximum Gasteiger partial charge on any atom is 0.253 e. The van der Waals surface area contributed by atoms with E-state index in [0.717, 1.165) is 31.0 Å². The van der Waals surface area contributed by atoms with Crippen molar-refractivity contribution in [1.82, 2.24) is 4.90 Å². The SMILES string of the molecule is Cc1ccc(C(=O)N(C)C)cc1NCC1(C)COC1. The minimum absolute atomic E-state index is 0.0289. The second-order valence-corrected chi connectivity index (χ2v) is 5.89. The van der Waals surface area contributed by atoms with Crippen molar-refractivity contribution in [2.75, 3.05) is 39.2 Å². The summed E-state index contributed by atoms with van der Waals surface area (Å²) in [7, 11) is 3.53. The summed E-state index contributed by atoms with van der Waals surface area (Å²) in [5, 5.41) is 3.44. The average molecular weight is 262 g/mol. The van der Waals surface area contributed by atoms with E-state index in [1.54, 1.807) is 19.0 Å². The van der Waals surface area contributed by atoms with Crippen LogP contribution in [0.2, 0.25) is 0 Å². The molecule has 1 heterocycles. The molecule has 1 N–H and O–H groups in total. The largest absolute Gasteiger partial charge is 0.384 e. The molecule has 1 aromatic rings. The van der Waals surface area contributed by atoms with Gasteiger partial charge in [0.25, 0.3) is 5.91 Å². The van der Waals surface area contributed by atoms with Crippen LogP contribution in [0, 0.1) is 12.3 Å². The van der Waals surface area contributed by atoms with Crippen molar-refractivity contribution in [2.24, 2.45) is 5.41 Å². The van der Waals surface area contributed by atoms with Crippen LogP contribution in [-0.4, -0.2) is 44.7 Å². The van der Waals surface area contributed by atoms with Gasteiger partial charge in [-0.1, -0.05) is 13.0 Å². The number of nitrogens with zero attached hydrogens (tertiary/aromatic N) is 1. The molecule has 0 atom stereocenters. The maximum absolute atomic E-state index is 12.0. The minimum Gasteiger partial charge on any atom is -0.384 e. The Hall–Kier alpha value is -1.55. The van der Waals surface area contributed by atoms with Crippen LogP contribution in [0.4, 0.5) is 5.69 Å². The van der Waals surface area contributed by atoms with E-state index < -0.39 is 0 Å². The van der Waals surface area contributed by atoms with E-state index in [0.29, 0.717) is 5.56 Å². The molecule has 1 saturated heterocycles. The Balaban J connectivity index is 2.10. The van der Waals surface area contributed by atoms with Crippen molar-refractivity contribution in [1.29, 1.82) is 0 Å². The summed E-state index contributed by atoms with van der Waals surface area (Å²) in [5.41, 5.74) is 3.11. The van der Waals surface area contributed by atoms with Gasteiger partial charge >= 0.3 is 0 Å². The van der Waals surface area contributed by atoms with Crippen molar-refractivity contribution in [3.8, 4) is 0 Å². The number of anilines is 1. The number of ether oxygens (including phenoxy) is 1. The van der Waals surface area contributed by atoms with Gasteiger partial charge in [0.2, 0.25) is 0 Å². The molecule has 0 radical (unpaired) electrons. The molecule has 19 heavy (non-hydrogen) atoms. The summed E-state index contributed by atoms with van der Waals surface area (Å²) in [6.45, 7) is 6.72. The zero-order chi connectivity index (χ0) is 14.0. The number of hydrogen-bond acceptors (Lipinski definition) is 3. The van der Waals surface area contributed by atoms with Crippen molar-refractivity contribution < 1.29 is 9.53 Å². The van der Waals surface area contributed by atoms with Gasteiger partial charge in [0.15, 0.2) is 0 Å². The number of carbonyl (C=O) groups excluding carboxylic acids is 1. The number of hydrogen-bond donors (Lipinski definition) is 1. The number of rotatable bonds is 4. The van der Waals surface area contributed by atoms with Crippen LogP contribution in [0.3, 0.4) is 0 Å². The number of nitrogens with one attached hydrogen (secondary N) is 1. The van der Waals surface area contributed by atoms with E-state index in [1.165, 1.54) is 0 Å². The van der Waals surface area contributed by atoms with Crippen molar-refractivity contribution in [2.45, 2.75) is 13.8 Å². The monoisotopic (exact) mass is 262 g/mol. The Morgan fingerprint density at radius 1 is 1.42 bits per heavy atom. The number of carbonyl (C=O) groups is 1. The van der Waals surface area contributed by atoms with Gasteiger partial charge in [-0.3, -0.25) is 4.79 Å². The van der Waals surface area contributed by atoms with Gasteiger partial charge in [-0.05, 0) is 24.6 Å². The molecule has 0 saturated carbocycles. The van der Waals surface area contributed by atoms with Gasteiger partial charge in [-0.2, -0.15) is 0 Å². The quantitative estimate of drug-likeness (QED) is 0.904. The van der Waals surface area contributed by atoms with Crippen LogP contribution in [0.25, 0.3) is 0 Å². The summed E-state index contributed by atoms with van der Waals surface area (Å²) in [4.78, 5) is 13.5. The summed E-state index contributed by atoms with van der Waals surface area (Å²) in [6, 6.07) is 5.79. The Bertz CT molecular complexity index is 479. The molecule has 1 aliphatic rings. The molecule has 0 bridgehead atoms.